The molecule has 3 heterocycles. The largest absolute Gasteiger partial charge is 0.455 e. The number of benzene rings is 8. The zero-order valence-electron chi connectivity index (χ0n) is 27.7. The smallest absolute Gasteiger partial charge is 0.165 e. The average molecular weight is 682 g/mol. The molecule has 0 aliphatic rings. The summed E-state index contributed by atoms with van der Waals surface area (Å²) in [5, 5.41) is 9.61. The minimum absolute atomic E-state index is 0.632. The Kier molecular flexibility index (Phi) is 6.39. The molecule has 0 N–H and O–H groups in total. The van der Waals surface area contributed by atoms with Crippen LogP contribution in [-0.2, 0) is 0 Å². The molecule has 11 rings (SSSR count). The maximum atomic E-state index is 6.54. The molecule has 0 unspecified atom stereocenters. The van der Waals surface area contributed by atoms with Crippen LogP contribution in [0.3, 0.4) is 0 Å². The molecular weight excluding hydrogens is 655 g/mol. The van der Waals surface area contributed by atoms with Crippen molar-refractivity contribution in [2.24, 2.45) is 0 Å². The highest BCUT2D eigenvalue weighted by molar-refractivity contribution is 7.26. The van der Waals surface area contributed by atoms with Crippen LogP contribution in [0.4, 0.5) is 0 Å². The molecule has 0 saturated carbocycles. The summed E-state index contributed by atoms with van der Waals surface area (Å²) in [6, 6.07) is 57.3. The van der Waals surface area contributed by atoms with Gasteiger partial charge in [-0.15, -0.1) is 11.3 Å². The molecule has 0 atom stereocenters. The van der Waals surface area contributed by atoms with E-state index in [0.29, 0.717) is 17.5 Å². The van der Waals surface area contributed by atoms with Crippen LogP contribution in [0, 0.1) is 0 Å². The Hall–Kier alpha value is -6.69. The topological polar surface area (TPSA) is 51.8 Å². The van der Waals surface area contributed by atoms with Crippen molar-refractivity contribution in [3.05, 3.63) is 164 Å². The van der Waals surface area contributed by atoms with Gasteiger partial charge >= 0.3 is 0 Å². The fourth-order valence-electron chi connectivity index (χ4n) is 7.60. The summed E-state index contributed by atoms with van der Waals surface area (Å²) in [5.74, 6) is 1.94. The Morgan fingerprint density at radius 2 is 1.02 bits per heavy atom. The van der Waals surface area contributed by atoms with Crippen molar-refractivity contribution in [3.8, 4) is 45.3 Å². The molecule has 0 radical (unpaired) electrons. The van der Waals surface area contributed by atoms with Gasteiger partial charge < -0.3 is 4.42 Å². The number of thiophene rings is 1. The fourth-order valence-corrected chi connectivity index (χ4v) is 8.82. The lowest BCUT2D eigenvalue weighted by molar-refractivity contribution is 0.670. The van der Waals surface area contributed by atoms with Crippen LogP contribution < -0.4 is 0 Å². The van der Waals surface area contributed by atoms with Crippen molar-refractivity contribution < 1.29 is 4.42 Å². The zero-order chi connectivity index (χ0) is 34.2. The van der Waals surface area contributed by atoms with Gasteiger partial charge in [-0.2, -0.15) is 0 Å². The third-order valence-electron chi connectivity index (χ3n) is 10.1. The van der Waals surface area contributed by atoms with Gasteiger partial charge in [0.1, 0.15) is 11.2 Å². The Labute approximate surface area is 302 Å². The van der Waals surface area contributed by atoms with Gasteiger partial charge in [-0.05, 0) is 51.4 Å². The standard InChI is InChI=1S/C47H27N3OS/c1-2-11-30(12-3-1)45-48-46(50-47(49-45)38-19-9-18-37-42-34-15-7-6-10-28(34)24-25-41(42)52-44(37)38)31-22-20-29(21-23-31)35-16-8-17-36-39-26-32-13-4-5-14-33(32)27-40(39)51-43(35)36/h1-27H. The van der Waals surface area contributed by atoms with E-state index in [4.69, 9.17) is 19.4 Å². The molecule has 0 bridgehead atoms. The number of nitrogens with zero attached hydrogens (tertiary/aromatic N) is 3. The molecule has 4 nitrogen and oxygen atoms in total. The summed E-state index contributed by atoms with van der Waals surface area (Å²) < 4.78 is 8.96. The molecule has 0 spiro atoms. The van der Waals surface area contributed by atoms with Gasteiger partial charge in [0, 0.05) is 53.2 Å². The second-order valence-electron chi connectivity index (χ2n) is 13.2. The molecule has 11 aromatic rings. The first kappa shape index (κ1) is 29.1. The number of hydrogen-bond acceptors (Lipinski definition) is 5. The first-order valence-electron chi connectivity index (χ1n) is 17.3. The van der Waals surface area contributed by atoms with Crippen LogP contribution in [0.25, 0.3) is 109 Å². The Morgan fingerprint density at radius 3 is 1.83 bits per heavy atom. The molecule has 0 saturated heterocycles. The van der Waals surface area contributed by atoms with Gasteiger partial charge in [0.15, 0.2) is 17.5 Å². The van der Waals surface area contributed by atoms with Gasteiger partial charge in [-0.1, -0.05) is 140 Å². The highest BCUT2D eigenvalue weighted by atomic mass is 32.1. The molecule has 5 heteroatoms. The number of aromatic nitrogens is 3. The van der Waals surface area contributed by atoms with Crippen LogP contribution in [-0.4, -0.2) is 15.0 Å². The normalized spacial score (nSPS) is 11.8. The van der Waals surface area contributed by atoms with Crippen molar-refractivity contribution in [2.75, 3.05) is 0 Å². The summed E-state index contributed by atoms with van der Waals surface area (Å²) >= 11 is 1.79. The molecular formula is C47H27N3OS. The minimum Gasteiger partial charge on any atom is -0.455 e. The summed E-state index contributed by atoms with van der Waals surface area (Å²) in [7, 11) is 0. The maximum Gasteiger partial charge on any atom is 0.165 e. The predicted molar refractivity (Wildman–Crippen MR) is 217 cm³/mol. The van der Waals surface area contributed by atoms with Crippen molar-refractivity contribution >= 4 is 75.0 Å². The van der Waals surface area contributed by atoms with Crippen molar-refractivity contribution in [2.45, 2.75) is 0 Å². The SMILES string of the molecule is c1ccc(-c2nc(-c3ccc(-c4cccc5c4oc4cc6ccccc6cc45)cc3)nc(-c3cccc4c3sc3ccc5ccccc5c34)n2)cc1. The number of para-hydroxylation sites is 1. The Bertz CT molecular complexity index is 3180. The third-order valence-corrected chi connectivity index (χ3v) is 11.3. The highest BCUT2D eigenvalue weighted by Gasteiger charge is 2.18. The fraction of sp³-hybridized carbons (Fsp3) is 0. The molecule has 242 valence electrons. The van der Waals surface area contributed by atoms with E-state index in [1.54, 1.807) is 11.3 Å². The molecule has 0 amide bonds. The summed E-state index contributed by atoms with van der Waals surface area (Å²) in [4.78, 5) is 15.3. The summed E-state index contributed by atoms with van der Waals surface area (Å²) in [5.41, 5.74) is 6.77. The monoisotopic (exact) mass is 681 g/mol. The van der Waals surface area contributed by atoms with Gasteiger partial charge in [-0.25, -0.2) is 15.0 Å². The Morgan fingerprint density at radius 1 is 0.404 bits per heavy atom. The summed E-state index contributed by atoms with van der Waals surface area (Å²) in [6.07, 6.45) is 0. The lowest BCUT2D eigenvalue weighted by Crippen LogP contribution is -2.00. The molecule has 3 aromatic heterocycles. The van der Waals surface area contributed by atoms with Crippen LogP contribution in [0.2, 0.25) is 0 Å². The third kappa shape index (κ3) is 4.57. The quantitative estimate of drug-likeness (QED) is 0.185. The highest BCUT2D eigenvalue weighted by Crippen LogP contribution is 2.43. The lowest BCUT2D eigenvalue weighted by atomic mass is 10.00. The first-order valence-corrected chi connectivity index (χ1v) is 18.2. The molecule has 52 heavy (non-hydrogen) atoms. The van der Waals surface area contributed by atoms with Gasteiger partial charge in [0.2, 0.25) is 0 Å². The van der Waals surface area contributed by atoms with E-state index in [1.807, 2.05) is 18.2 Å². The number of hydrogen-bond donors (Lipinski definition) is 0. The van der Waals surface area contributed by atoms with Crippen molar-refractivity contribution in [1.29, 1.82) is 0 Å². The van der Waals surface area contributed by atoms with Gasteiger partial charge in [0.05, 0.1) is 0 Å². The van der Waals surface area contributed by atoms with Crippen LogP contribution in [0.5, 0.6) is 0 Å². The second kappa shape index (κ2) is 11.4. The first-order chi connectivity index (χ1) is 25.7. The predicted octanol–water partition coefficient (Wildman–Crippen LogP) is 13.1. The van der Waals surface area contributed by atoms with Crippen LogP contribution in [0.15, 0.2) is 168 Å². The second-order valence-corrected chi connectivity index (χ2v) is 14.2. The van der Waals surface area contributed by atoms with E-state index in [2.05, 4.69) is 146 Å². The lowest BCUT2D eigenvalue weighted by Gasteiger charge is -2.10. The van der Waals surface area contributed by atoms with Crippen molar-refractivity contribution in [3.63, 3.8) is 0 Å². The number of rotatable bonds is 4. The maximum absolute atomic E-state index is 6.54. The van der Waals surface area contributed by atoms with Gasteiger partial charge in [0.25, 0.3) is 0 Å². The van der Waals surface area contributed by atoms with Crippen molar-refractivity contribution in [1.82, 2.24) is 15.0 Å². The summed E-state index contributed by atoms with van der Waals surface area (Å²) in [6.45, 7) is 0. The van der Waals surface area contributed by atoms with E-state index >= 15 is 0 Å². The van der Waals surface area contributed by atoms with E-state index in [1.165, 1.54) is 41.7 Å². The average Bonchev–Trinajstić information content (AvgIpc) is 3.78. The van der Waals surface area contributed by atoms with E-state index < -0.39 is 0 Å². The molecule has 8 aromatic carbocycles. The van der Waals surface area contributed by atoms with E-state index in [0.717, 1.165) is 49.8 Å². The van der Waals surface area contributed by atoms with Gasteiger partial charge in [-0.3, -0.25) is 0 Å². The number of furan rings is 1. The number of fused-ring (bicyclic) bond motifs is 9. The zero-order valence-corrected chi connectivity index (χ0v) is 28.6. The van der Waals surface area contributed by atoms with Crippen LogP contribution in [0.1, 0.15) is 0 Å². The molecule has 0 aliphatic heterocycles. The minimum atomic E-state index is 0.632. The molecule has 0 fully saturated rings. The van der Waals surface area contributed by atoms with E-state index in [-0.39, 0.29) is 0 Å². The Balaban J connectivity index is 1.05. The van der Waals surface area contributed by atoms with E-state index in [9.17, 15) is 0 Å². The van der Waals surface area contributed by atoms with Crippen LogP contribution >= 0.6 is 11.3 Å². The molecule has 0 aliphatic carbocycles.